The van der Waals surface area contributed by atoms with Crippen LogP contribution in [0.1, 0.15) is 23.1 Å². The summed E-state index contributed by atoms with van der Waals surface area (Å²) in [5, 5.41) is 8.75. The van der Waals surface area contributed by atoms with E-state index < -0.39 is 0 Å². The quantitative estimate of drug-likeness (QED) is 0.497. The third-order valence-corrected chi connectivity index (χ3v) is 5.07. The fraction of sp³-hybridized carbons (Fsp3) is 0.278. The molecule has 0 N–H and O–H groups in total. The summed E-state index contributed by atoms with van der Waals surface area (Å²) in [6, 6.07) is 9.21. The van der Waals surface area contributed by atoms with Gasteiger partial charge < -0.3 is 9.64 Å². The molecule has 1 aromatic carbocycles. The minimum atomic E-state index is -0.171. The fourth-order valence-electron chi connectivity index (χ4n) is 2.42. The first-order valence-electron chi connectivity index (χ1n) is 8.35. The zero-order valence-corrected chi connectivity index (χ0v) is 18.1. The molecular weight excluding hydrogens is 478 g/mol. The number of aryl methyl sites for hydroxylation is 1. The first kappa shape index (κ1) is 19.6. The molecule has 0 saturated heterocycles. The topological polar surface area (TPSA) is 65.2 Å². The SMILES string of the molecule is CCn1cc(Br)c(CN(C)C(=O)c2ccn(COc3ccc(Br)cc3)n2)n1. The van der Waals surface area contributed by atoms with Crippen molar-refractivity contribution in [2.24, 2.45) is 0 Å². The zero-order valence-electron chi connectivity index (χ0n) is 15.0. The van der Waals surface area contributed by atoms with Crippen molar-refractivity contribution in [2.75, 3.05) is 7.05 Å². The third-order valence-electron chi connectivity index (χ3n) is 3.88. The van der Waals surface area contributed by atoms with Crippen LogP contribution in [0, 0.1) is 0 Å². The van der Waals surface area contributed by atoms with Gasteiger partial charge in [-0.1, -0.05) is 15.9 Å². The number of aromatic nitrogens is 4. The molecule has 2 aromatic heterocycles. The van der Waals surface area contributed by atoms with Crippen LogP contribution in [0.3, 0.4) is 0 Å². The maximum absolute atomic E-state index is 12.6. The highest BCUT2D eigenvalue weighted by Crippen LogP contribution is 2.18. The standard InChI is InChI=1S/C18H19Br2N5O2/c1-3-24-10-15(20)17(22-24)11-23(2)18(26)16-8-9-25(21-16)12-27-14-6-4-13(19)5-7-14/h4-10H,3,11-12H2,1-2H3. The van der Waals surface area contributed by atoms with Crippen LogP contribution in [-0.2, 0) is 19.8 Å². The van der Waals surface area contributed by atoms with Crippen molar-refractivity contribution in [1.29, 1.82) is 0 Å². The molecule has 0 spiro atoms. The molecule has 0 aliphatic rings. The number of hydrogen-bond donors (Lipinski definition) is 0. The Bertz CT molecular complexity index is 920. The summed E-state index contributed by atoms with van der Waals surface area (Å²) in [5.74, 6) is 0.561. The van der Waals surface area contributed by atoms with Gasteiger partial charge in [0.25, 0.3) is 5.91 Å². The van der Waals surface area contributed by atoms with Crippen LogP contribution in [0.4, 0.5) is 0 Å². The van der Waals surface area contributed by atoms with Crippen molar-refractivity contribution in [3.63, 3.8) is 0 Å². The van der Waals surface area contributed by atoms with Gasteiger partial charge in [-0.15, -0.1) is 0 Å². The summed E-state index contributed by atoms with van der Waals surface area (Å²) >= 11 is 6.87. The minimum Gasteiger partial charge on any atom is -0.471 e. The molecule has 3 rings (SSSR count). The molecule has 7 nitrogen and oxygen atoms in total. The van der Waals surface area contributed by atoms with E-state index >= 15 is 0 Å². The molecule has 9 heteroatoms. The number of carbonyl (C=O) groups is 1. The average molecular weight is 497 g/mol. The maximum atomic E-state index is 12.6. The van der Waals surface area contributed by atoms with Gasteiger partial charge in [0.1, 0.15) is 5.75 Å². The summed E-state index contributed by atoms with van der Waals surface area (Å²) in [7, 11) is 1.73. The molecule has 0 radical (unpaired) electrons. The van der Waals surface area contributed by atoms with Gasteiger partial charge >= 0.3 is 0 Å². The number of ether oxygens (including phenoxy) is 1. The highest BCUT2D eigenvalue weighted by atomic mass is 79.9. The van der Waals surface area contributed by atoms with E-state index in [0.717, 1.165) is 26.9 Å². The van der Waals surface area contributed by atoms with Crippen LogP contribution in [0.25, 0.3) is 0 Å². The summed E-state index contributed by atoms with van der Waals surface area (Å²) in [4.78, 5) is 14.2. The Morgan fingerprint density at radius 1 is 1.15 bits per heavy atom. The molecule has 0 unspecified atom stereocenters. The summed E-state index contributed by atoms with van der Waals surface area (Å²) < 4.78 is 10.9. The Hall–Kier alpha value is -2.13. The average Bonchev–Trinajstić information content (AvgIpc) is 3.27. The van der Waals surface area contributed by atoms with E-state index in [1.165, 1.54) is 0 Å². The van der Waals surface area contributed by atoms with Crippen LogP contribution >= 0.6 is 31.9 Å². The van der Waals surface area contributed by atoms with Crippen LogP contribution in [0.5, 0.6) is 5.75 Å². The highest BCUT2D eigenvalue weighted by Gasteiger charge is 2.18. The van der Waals surface area contributed by atoms with Crippen molar-refractivity contribution in [3.8, 4) is 5.75 Å². The monoisotopic (exact) mass is 495 g/mol. The van der Waals surface area contributed by atoms with Gasteiger partial charge in [0.2, 0.25) is 0 Å². The van der Waals surface area contributed by atoms with Gasteiger partial charge in [-0.3, -0.25) is 9.48 Å². The maximum Gasteiger partial charge on any atom is 0.274 e. The second kappa shape index (κ2) is 8.71. The molecule has 27 heavy (non-hydrogen) atoms. The fourth-order valence-corrected chi connectivity index (χ4v) is 3.12. The Morgan fingerprint density at radius 2 is 1.89 bits per heavy atom. The van der Waals surface area contributed by atoms with Crippen molar-refractivity contribution in [3.05, 3.63) is 63.1 Å². The van der Waals surface area contributed by atoms with Gasteiger partial charge in [-0.2, -0.15) is 10.2 Å². The second-order valence-corrected chi connectivity index (χ2v) is 7.68. The number of benzene rings is 1. The number of hydrogen-bond acceptors (Lipinski definition) is 4. The van der Waals surface area contributed by atoms with Crippen LogP contribution in [-0.4, -0.2) is 37.4 Å². The first-order valence-corrected chi connectivity index (χ1v) is 9.94. The van der Waals surface area contributed by atoms with Crippen molar-refractivity contribution < 1.29 is 9.53 Å². The molecule has 3 aromatic rings. The Kier molecular flexibility index (Phi) is 6.33. The second-order valence-electron chi connectivity index (χ2n) is 5.91. The van der Waals surface area contributed by atoms with E-state index in [9.17, 15) is 4.79 Å². The zero-order chi connectivity index (χ0) is 19.4. The predicted molar refractivity (Wildman–Crippen MR) is 108 cm³/mol. The number of rotatable bonds is 7. The van der Waals surface area contributed by atoms with Crippen molar-refractivity contribution in [2.45, 2.75) is 26.7 Å². The predicted octanol–water partition coefficient (Wildman–Crippen LogP) is 3.93. The van der Waals surface area contributed by atoms with Gasteiger partial charge in [-0.05, 0) is 53.2 Å². The molecular formula is C18H19Br2N5O2. The van der Waals surface area contributed by atoms with E-state index in [1.807, 2.05) is 42.1 Å². The van der Waals surface area contributed by atoms with Crippen LogP contribution in [0.2, 0.25) is 0 Å². The first-order chi connectivity index (χ1) is 13.0. The molecule has 0 fully saturated rings. The van der Waals surface area contributed by atoms with Gasteiger partial charge in [0.05, 0.1) is 16.7 Å². The van der Waals surface area contributed by atoms with Gasteiger partial charge in [0.15, 0.2) is 12.4 Å². The summed E-state index contributed by atoms with van der Waals surface area (Å²) in [6.45, 7) is 3.42. The summed E-state index contributed by atoms with van der Waals surface area (Å²) in [5.41, 5.74) is 1.17. The van der Waals surface area contributed by atoms with Crippen LogP contribution < -0.4 is 4.74 Å². The van der Waals surface area contributed by atoms with E-state index in [4.69, 9.17) is 4.74 Å². The molecule has 0 aliphatic carbocycles. The van der Waals surface area contributed by atoms with E-state index in [0.29, 0.717) is 12.2 Å². The number of amides is 1. The van der Waals surface area contributed by atoms with E-state index in [2.05, 4.69) is 42.1 Å². The lowest BCUT2D eigenvalue weighted by Crippen LogP contribution is -2.27. The summed E-state index contributed by atoms with van der Waals surface area (Å²) in [6.07, 6.45) is 3.63. The highest BCUT2D eigenvalue weighted by molar-refractivity contribution is 9.10. The van der Waals surface area contributed by atoms with Crippen LogP contribution in [0.15, 0.2) is 51.7 Å². The lowest BCUT2D eigenvalue weighted by molar-refractivity contribution is 0.0775. The molecule has 2 heterocycles. The molecule has 0 aliphatic heterocycles. The van der Waals surface area contributed by atoms with Crippen molar-refractivity contribution >= 4 is 37.8 Å². The minimum absolute atomic E-state index is 0.171. The van der Waals surface area contributed by atoms with Gasteiger partial charge in [-0.25, -0.2) is 4.68 Å². The molecule has 142 valence electrons. The smallest absolute Gasteiger partial charge is 0.274 e. The third kappa shape index (κ3) is 4.98. The molecule has 0 atom stereocenters. The van der Waals surface area contributed by atoms with Crippen molar-refractivity contribution in [1.82, 2.24) is 24.5 Å². The Labute approximate surface area is 174 Å². The van der Waals surface area contributed by atoms with E-state index in [-0.39, 0.29) is 12.6 Å². The Morgan fingerprint density at radius 3 is 2.56 bits per heavy atom. The lowest BCUT2D eigenvalue weighted by atomic mass is 10.3. The van der Waals surface area contributed by atoms with E-state index in [1.54, 1.807) is 28.9 Å². The number of carbonyl (C=O) groups excluding carboxylic acids is 1. The van der Waals surface area contributed by atoms with Gasteiger partial charge in [0, 0.05) is 30.5 Å². The number of nitrogens with zero attached hydrogens (tertiary/aromatic N) is 5. The molecule has 0 bridgehead atoms. The normalized spacial score (nSPS) is 10.8. The molecule has 0 saturated carbocycles. The molecule has 1 amide bonds. The number of halogens is 2. The lowest BCUT2D eigenvalue weighted by Gasteiger charge is -2.14. The largest absolute Gasteiger partial charge is 0.471 e. The Balaban J connectivity index is 1.59.